The van der Waals surface area contributed by atoms with Crippen molar-refractivity contribution in [1.29, 1.82) is 0 Å². The number of nitrogens with zero attached hydrogens (tertiary/aromatic N) is 2. The van der Waals surface area contributed by atoms with E-state index in [9.17, 15) is 0 Å². The number of aromatic amines is 1. The zero-order valence-corrected chi connectivity index (χ0v) is 19.1. The number of likely N-dealkylation sites (tertiary alicyclic amines) is 1. The molecule has 7 nitrogen and oxygen atoms in total. The lowest BCUT2D eigenvalue weighted by molar-refractivity contribution is 0.190. The summed E-state index contributed by atoms with van der Waals surface area (Å²) in [5, 5.41) is 5.62. The van der Waals surface area contributed by atoms with E-state index in [1.54, 1.807) is 14.2 Å². The third-order valence-corrected chi connectivity index (χ3v) is 5.86. The van der Waals surface area contributed by atoms with Gasteiger partial charge in [0, 0.05) is 42.2 Å². The minimum Gasteiger partial charge on any atom is -0.493 e. The van der Waals surface area contributed by atoms with Gasteiger partial charge in [-0.05, 0) is 58.3 Å². The van der Waals surface area contributed by atoms with Crippen LogP contribution in [0.25, 0.3) is 21.8 Å². The lowest BCUT2D eigenvalue weighted by Crippen LogP contribution is -2.21. The van der Waals surface area contributed by atoms with E-state index in [2.05, 4.69) is 28.2 Å². The summed E-state index contributed by atoms with van der Waals surface area (Å²) in [4.78, 5) is 10.8. The Hall–Kier alpha value is -2.51. The van der Waals surface area contributed by atoms with Crippen LogP contribution in [-0.2, 0) is 4.74 Å². The number of fused-ring (bicyclic) bond motifs is 3. The number of benzene rings is 1. The topological polar surface area (TPSA) is 71.6 Å². The van der Waals surface area contributed by atoms with Crippen molar-refractivity contribution < 1.29 is 14.2 Å². The standard InChI is InChI=1S/C24H34N4O3/c1-16-12-20-23(24(25-16)26-17(2)15-29-3)18-13-21(30-4)22(14-19(18)27-20)31-11-7-10-28-8-5-6-9-28/h12-14,17,27H,5-11,15H2,1-4H3,(H,25,26)/t17-/m0/s1. The van der Waals surface area contributed by atoms with Gasteiger partial charge in [-0.25, -0.2) is 4.98 Å². The highest BCUT2D eigenvalue weighted by Gasteiger charge is 2.17. The molecule has 3 aromatic rings. The molecule has 168 valence electrons. The molecule has 0 unspecified atom stereocenters. The molecule has 2 aromatic heterocycles. The van der Waals surface area contributed by atoms with Gasteiger partial charge in [0.25, 0.3) is 0 Å². The second kappa shape index (κ2) is 9.75. The van der Waals surface area contributed by atoms with Crippen LogP contribution in [-0.4, -0.2) is 68.0 Å². The first kappa shape index (κ1) is 21.7. The summed E-state index contributed by atoms with van der Waals surface area (Å²) in [6.45, 7) is 8.92. The molecule has 4 rings (SSSR count). The van der Waals surface area contributed by atoms with Gasteiger partial charge in [0.15, 0.2) is 11.5 Å². The second-order valence-electron chi connectivity index (χ2n) is 8.46. The number of anilines is 1. The number of aryl methyl sites for hydroxylation is 1. The highest BCUT2D eigenvalue weighted by Crippen LogP contribution is 2.38. The van der Waals surface area contributed by atoms with E-state index < -0.39 is 0 Å². The van der Waals surface area contributed by atoms with E-state index in [0.29, 0.717) is 13.2 Å². The van der Waals surface area contributed by atoms with Crippen LogP contribution in [0, 0.1) is 6.92 Å². The van der Waals surface area contributed by atoms with Crippen molar-refractivity contribution >= 4 is 27.6 Å². The van der Waals surface area contributed by atoms with Crippen LogP contribution >= 0.6 is 0 Å². The maximum absolute atomic E-state index is 6.12. The third-order valence-electron chi connectivity index (χ3n) is 5.86. The fourth-order valence-corrected chi connectivity index (χ4v) is 4.44. The predicted molar refractivity (Wildman–Crippen MR) is 126 cm³/mol. The number of H-pyrrole nitrogens is 1. The Bertz CT molecular complexity index is 1030. The number of methoxy groups -OCH3 is 2. The zero-order valence-electron chi connectivity index (χ0n) is 19.1. The normalized spacial score (nSPS) is 15.6. The quantitative estimate of drug-likeness (QED) is 0.470. The van der Waals surface area contributed by atoms with E-state index >= 15 is 0 Å². The van der Waals surface area contributed by atoms with E-state index in [-0.39, 0.29) is 6.04 Å². The van der Waals surface area contributed by atoms with Gasteiger partial charge >= 0.3 is 0 Å². The highest BCUT2D eigenvalue weighted by atomic mass is 16.5. The molecule has 0 spiro atoms. The van der Waals surface area contributed by atoms with Gasteiger partial charge in [-0.2, -0.15) is 0 Å². The van der Waals surface area contributed by atoms with Gasteiger partial charge in [-0.3, -0.25) is 0 Å². The number of pyridine rings is 1. The first-order valence-electron chi connectivity index (χ1n) is 11.2. The van der Waals surface area contributed by atoms with Crippen molar-refractivity contribution in [3.8, 4) is 11.5 Å². The van der Waals surface area contributed by atoms with Crippen LogP contribution in [0.3, 0.4) is 0 Å². The van der Waals surface area contributed by atoms with Crippen LogP contribution in [0.1, 0.15) is 31.9 Å². The summed E-state index contributed by atoms with van der Waals surface area (Å²) in [6, 6.07) is 6.31. The Balaban J connectivity index is 1.60. The molecule has 0 amide bonds. The molecule has 7 heteroatoms. The van der Waals surface area contributed by atoms with Crippen LogP contribution in [0.5, 0.6) is 11.5 Å². The molecule has 0 saturated carbocycles. The fourth-order valence-electron chi connectivity index (χ4n) is 4.44. The van der Waals surface area contributed by atoms with Crippen molar-refractivity contribution in [3.05, 3.63) is 23.9 Å². The molecule has 0 radical (unpaired) electrons. The van der Waals surface area contributed by atoms with Crippen molar-refractivity contribution in [1.82, 2.24) is 14.9 Å². The maximum atomic E-state index is 6.12. The number of ether oxygens (including phenoxy) is 3. The highest BCUT2D eigenvalue weighted by molar-refractivity contribution is 6.13. The second-order valence-corrected chi connectivity index (χ2v) is 8.46. The Kier molecular flexibility index (Phi) is 6.83. The summed E-state index contributed by atoms with van der Waals surface area (Å²) in [5.74, 6) is 2.37. The molecule has 1 aromatic carbocycles. The van der Waals surface area contributed by atoms with Gasteiger partial charge in [0.2, 0.25) is 0 Å². The minimum atomic E-state index is 0.146. The number of rotatable bonds is 10. The van der Waals surface area contributed by atoms with Crippen molar-refractivity contribution in [2.75, 3.05) is 52.4 Å². The Morgan fingerprint density at radius 2 is 1.94 bits per heavy atom. The van der Waals surface area contributed by atoms with Gasteiger partial charge in [0.1, 0.15) is 5.82 Å². The van der Waals surface area contributed by atoms with Crippen LogP contribution in [0.4, 0.5) is 5.82 Å². The summed E-state index contributed by atoms with van der Waals surface area (Å²) in [5.41, 5.74) is 3.01. The SMILES string of the molecule is COC[C@H](C)Nc1nc(C)cc2[nH]c3cc(OCCCN4CCCC4)c(OC)cc3c12. The number of nitrogens with one attached hydrogen (secondary N) is 2. The first-order chi connectivity index (χ1) is 15.1. The van der Waals surface area contributed by atoms with Gasteiger partial charge < -0.3 is 29.4 Å². The average molecular weight is 427 g/mol. The van der Waals surface area contributed by atoms with Crippen molar-refractivity contribution in [3.63, 3.8) is 0 Å². The molecule has 1 fully saturated rings. The first-order valence-corrected chi connectivity index (χ1v) is 11.2. The summed E-state index contributed by atoms with van der Waals surface area (Å²) >= 11 is 0. The minimum absolute atomic E-state index is 0.146. The average Bonchev–Trinajstić information content (AvgIpc) is 3.37. The Labute approximate surface area is 184 Å². The van der Waals surface area contributed by atoms with E-state index in [1.165, 1.54) is 25.9 Å². The lowest BCUT2D eigenvalue weighted by Gasteiger charge is -2.16. The number of hydrogen-bond donors (Lipinski definition) is 2. The smallest absolute Gasteiger partial charge is 0.163 e. The molecule has 2 N–H and O–H groups in total. The summed E-state index contributed by atoms with van der Waals surface area (Å²) in [7, 11) is 3.40. The number of aromatic nitrogens is 2. The lowest BCUT2D eigenvalue weighted by atomic mass is 10.1. The third kappa shape index (κ3) is 4.88. The Morgan fingerprint density at radius 3 is 2.68 bits per heavy atom. The fraction of sp³-hybridized carbons (Fsp3) is 0.542. The number of hydrogen-bond acceptors (Lipinski definition) is 6. The predicted octanol–water partition coefficient (Wildman–Crippen LogP) is 4.34. The van der Waals surface area contributed by atoms with Crippen molar-refractivity contribution in [2.45, 2.75) is 39.2 Å². The Morgan fingerprint density at radius 1 is 1.13 bits per heavy atom. The molecule has 0 aliphatic carbocycles. The molecule has 1 aliphatic heterocycles. The van der Waals surface area contributed by atoms with E-state index in [0.717, 1.165) is 57.8 Å². The zero-order chi connectivity index (χ0) is 21.8. The summed E-state index contributed by atoms with van der Waals surface area (Å²) < 4.78 is 17.1. The van der Waals surface area contributed by atoms with Crippen molar-refractivity contribution in [2.24, 2.45) is 0 Å². The molecular weight excluding hydrogens is 392 g/mol. The van der Waals surface area contributed by atoms with Crippen LogP contribution < -0.4 is 14.8 Å². The molecule has 0 bridgehead atoms. The molecule has 1 atom stereocenters. The largest absolute Gasteiger partial charge is 0.493 e. The van der Waals surface area contributed by atoms with Gasteiger partial charge in [-0.1, -0.05) is 0 Å². The van der Waals surface area contributed by atoms with Gasteiger partial charge in [-0.15, -0.1) is 0 Å². The van der Waals surface area contributed by atoms with E-state index in [1.807, 2.05) is 19.1 Å². The molecular formula is C24H34N4O3. The molecule has 31 heavy (non-hydrogen) atoms. The van der Waals surface area contributed by atoms with Gasteiger partial charge in [0.05, 0.1) is 31.4 Å². The monoisotopic (exact) mass is 426 g/mol. The molecule has 3 heterocycles. The van der Waals surface area contributed by atoms with E-state index in [4.69, 9.17) is 19.2 Å². The molecule has 1 saturated heterocycles. The van der Waals surface area contributed by atoms with Crippen LogP contribution in [0.15, 0.2) is 18.2 Å². The molecule has 1 aliphatic rings. The maximum Gasteiger partial charge on any atom is 0.163 e. The van der Waals surface area contributed by atoms with Crippen LogP contribution in [0.2, 0.25) is 0 Å². The summed E-state index contributed by atoms with van der Waals surface area (Å²) in [6.07, 6.45) is 3.66.